The van der Waals surface area contributed by atoms with E-state index in [2.05, 4.69) is 52.7 Å². The van der Waals surface area contributed by atoms with Crippen molar-refractivity contribution in [3.05, 3.63) is 53.9 Å². The Balaban J connectivity index is 1.39. The molecule has 0 bridgehead atoms. The van der Waals surface area contributed by atoms with Crippen LogP contribution in [0.1, 0.15) is 50.7 Å². The fourth-order valence-corrected chi connectivity index (χ4v) is 3.64. The Kier molecular flexibility index (Phi) is 4.85. The van der Waals surface area contributed by atoms with E-state index in [-0.39, 0.29) is 11.4 Å². The first kappa shape index (κ1) is 18.6. The van der Waals surface area contributed by atoms with Crippen molar-refractivity contribution < 1.29 is 4.79 Å². The molecular formula is C21H23N5OS. The average molecular weight is 394 g/mol. The van der Waals surface area contributed by atoms with E-state index in [1.54, 1.807) is 6.20 Å². The summed E-state index contributed by atoms with van der Waals surface area (Å²) in [5, 5.41) is 15.1. The SMILES string of the molecule is CC(C)(C)c1ccc(NC(=O)Nc2nnc(-c3cncc(C4CC4)c3)s2)cc1. The Labute approximate surface area is 168 Å². The molecule has 1 saturated carbocycles. The molecule has 144 valence electrons. The summed E-state index contributed by atoms with van der Waals surface area (Å²) in [6, 6.07) is 9.64. The fraction of sp³-hybridized carbons (Fsp3) is 0.333. The number of hydrogen-bond donors (Lipinski definition) is 2. The predicted octanol–water partition coefficient (Wildman–Crippen LogP) is 5.42. The van der Waals surface area contributed by atoms with E-state index in [1.165, 1.54) is 35.3 Å². The molecule has 0 unspecified atom stereocenters. The van der Waals surface area contributed by atoms with E-state index in [1.807, 2.05) is 30.5 Å². The number of rotatable bonds is 4. The van der Waals surface area contributed by atoms with Gasteiger partial charge in [-0.3, -0.25) is 10.3 Å². The van der Waals surface area contributed by atoms with Crippen molar-refractivity contribution in [3.63, 3.8) is 0 Å². The molecule has 2 amide bonds. The van der Waals surface area contributed by atoms with E-state index in [0.717, 1.165) is 16.3 Å². The Hall–Kier alpha value is -2.80. The normalized spacial score (nSPS) is 14.0. The molecule has 4 rings (SSSR count). The summed E-state index contributed by atoms with van der Waals surface area (Å²) < 4.78 is 0. The van der Waals surface area contributed by atoms with E-state index >= 15 is 0 Å². The molecule has 2 heterocycles. The van der Waals surface area contributed by atoms with Crippen LogP contribution in [0.5, 0.6) is 0 Å². The minimum atomic E-state index is -0.337. The van der Waals surface area contributed by atoms with Crippen LogP contribution in [0.15, 0.2) is 42.7 Å². The topological polar surface area (TPSA) is 79.8 Å². The number of nitrogens with one attached hydrogen (secondary N) is 2. The molecule has 2 aromatic heterocycles. The van der Waals surface area contributed by atoms with Gasteiger partial charge in [-0.25, -0.2) is 4.79 Å². The molecule has 1 aliphatic carbocycles. The van der Waals surface area contributed by atoms with Crippen LogP contribution in [0.2, 0.25) is 0 Å². The molecule has 1 aromatic carbocycles. The molecule has 0 atom stereocenters. The zero-order valence-corrected chi connectivity index (χ0v) is 17.0. The fourth-order valence-electron chi connectivity index (χ4n) is 2.92. The number of pyridine rings is 1. The predicted molar refractivity (Wildman–Crippen MR) is 113 cm³/mol. The van der Waals surface area contributed by atoms with Gasteiger partial charge in [-0.05, 0) is 53.5 Å². The van der Waals surface area contributed by atoms with Crippen LogP contribution in [0.25, 0.3) is 10.6 Å². The summed E-state index contributed by atoms with van der Waals surface area (Å²) in [5.41, 5.74) is 4.22. The van der Waals surface area contributed by atoms with Crippen LogP contribution in [0.3, 0.4) is 0 Å². The van der Waals surface area contributed by atoms with Crippen LogP contribution in [-0.2, 0) is 5.41 Å². The minimum Gasteiger partial charge on any atom is -0.308 e. The number of amides is 2. The highest BCUT2D eigenvalue weighted by atomic mass is 32.1. The number of urea groups is 1. The summed E-state index contributed by atoms with van der Waals surface area (Å²) in [6.45, 7) is 6.47. The molecule has 1 fully saturated rings. The van der Waals surface area contributed by atoms with Gasteiger partial charge in [-0.2, -0.15) is 0 Å². The van der Waals surface area contributed by atoms with E-state index in [0.29, 0.717) is 11.0 Å². The summed E-state index contributed by atoms with van der Waals surface area (Å²) in [5.74, 6) is 0.633. The molecule has 0 spiro atoms. The van der Waals surface area contributed by atoms with E-state index in [9.17, 15) is 4.79 Å². The number of anilines is 2. The van der Waals surface area contributed by atoms with Gasteiger partial charge in [0, 0.05) is 23.6 Å². The Morgan fingerprint density at radius 3 is 2.50 bits per heavy atom. The Bertz CT molecular complexity index is 987. The molecular weight excluding hydrogens is 370 g/mol. The lowest BCUT2D eigenvalue weighted by molar-refractivity contribution is 0.262. The van der Waals surface area contributed by atoms with Crippen molar-refractivity contribution in [2.45, 2.75) is 44.9 Å². The zero-order chi connectivity index (χ0) is 19.7. The van der Waals surface area contributed by atoms with Crippen LogP contribution in [0.4, 0.5) is 15.6 Å². The second-order valence-corrected chi connectivity index (χ2v) is 9.08. The standard InChI is InChI=1S/C21H23N5OS/c1-21(2,3)16-6-8-17(9-7-16)23-19(27)24-20-26-25-18(28-20)15-10-14(11-22-12-15)13-4-5-13/h6-13H,4-5H2,1-3H3,(H2,23,24,26,27). The van der Waals surface area contributed by atoms with Gasteiger partial charge in [0.15, 0.2) is 5.01 Å². The molecule has 6 nitrogen and oxygen atoms in total. The third-order valence-corrected chi connectivity index (χ3v) is 5.60. The van der Waals surface area contributed by atoms with Crippen LogP contribution in [-0.4, -0.2) is 21.2 Å². The number of nitrogens with zero attached hydrogens (tertiary/aromatic N) is 3. The molecule has 0 saturated heterocycles. The van der Waals surface area contributed by atoms with Crippen LogP contribution >= 0.6 is 11.3 Å². The van der Waals surface area contributed by atoms with Gasteiger partial charge in [0.2, 0.25) is 5.13 Å². The summed E-state index contributed by atoms with van der Waals surface area (Å²) in [4.78, 5) is 16.6. The maximum absolute atomic E-state index is 12.3. The van der Waals surface area contributed by atoms with Gasteiger partial charge in [0.05, 0.1) is 0 Å². The number of carbonyl (C=O) groups excluding carboxylic acids is 1. The smallest absolute Gasteiger partial charge is 0.308 e. The third kappa shape index (κ3) is 4.36. The van der Waals surface area contributed by atoms with Crippen molar-refractivity contribution in [2.75, 3.05) is 10.6 Å². The quantitative estimate of drug-likeness (QED) is 0.620. The van der Waals surface area contributed by atoms with Gasteiger partial charge in [-0.1, -0.05) is 44.2 Å². The molecule has 3 aromatic rings. The molecule has 28 heavy (non-hydrogen) atoms. The van der Waals surface area contributed by atoms with E-state index < -0.39 is 0 Å². The second kappa shape index (κ2) is 7.31. The first-order valence-corrected chi connectivity index (χ1v) is 10.2. The first-order valence-electron chi connectivity index (χ1n) is 9.36. The lowest BCUT2D eigenvalue weighted by atomic mass is 9.87. The lowest BCUT2D eigenvalue weighted by Gasteiger charge is -2.19. The monoisotopic (exact) mass is 393 g/mol. The van der Waals surface area contributed by atoms with Crippen molar-refractivity contribution >= 4 is 28.2 Å². The highest BCUT2D eigenvalue weighted by Crippen LogP contribution is 2.41. The number of hydrogen-bond acceptors (Lipinski definition) is 5. The van der Waals surface area contributed by atoms with Crippen molar-refractivity contribution in [2.24, 2.45) is 0 Å². The summed E-state index contributed by atoms with van der Waals surface area (Å²) >= 11 is 1.34. The van der Waals surface area contributed by atoms with Gasteiger partial charge < -0.3 is 5.32 Å². The second-order valence-electron chi connectivity index (χ2n) is 8.10. The molecule has 0 radical (unpaired) electrons. The highest BCUT2D eigenvalue weighted by Gasteiger charge is 2.24. The average Bonchev–Trinajstić information content (AvgIpc) is 3.41. The number of carbonyl (C=O) groups is 1. The molecule has 0 aliphatic heterocycles. The van der Waals surface area contributed by atoms with Gasteiger partial charge >= 0.3 is 6.03 Å². The maximum Gasteiger partial charge on any atom is 0.325 e. The van der Waals surface area contributed by atoms with Crippen LogP contribution < -0.4 is 10.6 Å². The summed E-state index contributed by atoms with van der Waals surface area (Å²) in [7, 11) is 0. The highest BCUT2D eigenvalue weighted by molar-refractivity contribution is 7.18. The lowest BCUT2D eigenvalue weighted by Crippen LogP contribution is -2.19. The van der Waals surface area contributed by atoms with Crippen molar-refractivity contribution in [1.29, 1.82) is 0 Å². The first-order chi connectivity index (χ1) is 13.4. The van der Waals surface area contributed by atoms with Gasteiger partial charge in [0.25, 0.3) is 0 Å². The van der Waals surface area contributed by atoms with E-state index in [4.69, 9.17) is 0 Å². The number of benzene rings is 1. The summed E-state index contributed by atoms with van der Waals surface area (Å²) in [6.07, 6.45) is 6.16. The Morgan fingerprint density at radius 1 is 1.07 bits per heavy atom. The van der Waals surface area contributed by atoms with Gasteiger partial charge in [-0.15, -0.1) is 10.2 Å². The Morgan fingerprint density at radius 2 is 1.82 bits per heavy atom. The molecule has 2 N–H and O–H groups in total. The van der Waals surface area contributed by atoms with Crippen molar-refractivity contribution in [3.8, 4) is 10.6 Å². The number of aromatic nitrogens is 3. The molecule has 7 heteroatoms. The van der Waals surface area contributed by atoms with Crippen LogP contribution in [0, 0.1) is 0 Å². The largest absolute Gasteiger partial charge is 0.325 e. The third-order valence-electron chi connectivity index (χ3n) is 4.71. The molecule has 1 aliphatic rings. The van der Waals surface area contributed by atoms with Gasteiger partial charge in [0.1, 0.15) is 0 Å². The maximum atomic E-state index is 12.3. The van der Waals surface area contributed by atoms with Crippen molar-refractivity contribution in [1.82, 2.24) is 15.2 Å². The minimum absolute atomic E-state index is 0.0788. The zero-order valence-electron chi connectivity index (χ0n) is 16.2.